The third-order valence-electron chi connectivity index (χ3n) is 3.56. The van der Waals surface area contributed by atoms with Crippen LogP contribution in [0.1, 0.15) is 30.8 Å². The van der Waals surface area contributed by atoms with E-state index in [4.69, 9.17) is 4.74 Å². The molecular formula is C14H18N4O3. The van der Waals surface area contributed by atoms with Crippen molar-refractivity contribution in [2.24, 2.45) is 0 Å². The lowest BCUT2D eigenvalue weighted by molar-refractivity contribution is -0.00148. The fraction of sp³-hybridized carbons (Fsp3) is 0.500. The molecule has 1 aliphatic rings. The van der Waals surface area contributed by atoms with Crippen LogP contribution in [0, 0.1) is 0 Å². The topological polar surface area (TPSA) is 80.0 Å². The van der Waals surface area contributed by atoms with Crippen LogP contribution in [-0.2, 0) is 4.74 Å². The minimum Gasteiger partial charge on any atom is -0.476 e. The minimum atomic E-state index is -1.04. The molecule has 0 atom stereocenters. The molecule has 3 rings (SSSR count). The molecule has 1 saturated heterocycles. The van der Waals surface area contributed by atoms with Gasteiger partial charge in [0.1, 0.15) is 5.52 Å². The number of hydrogen-bond donors (Lipinski definition) is 1. The molecular weight excluding hydrogens is 272 g/mol. The zero-order valence-corrected chi connectivity index (χ0v) is 12.1. The molecule has 0 unspecified atom stereocenters. The van der Waals surface area contributed by atoms with E-state index in [0.717, 1.165) is 18.8 Å². The van der Waals surface area contributed by atoms with Gasteiger partial charge in [0, 0.05) is 19.7 Å². The highest BCUT2D eigenvalue weighted by atomic mass is 16.5. The van der Waals surface area contributed by atoms with E-state index >= 15 is 0 Å². The summed E-state index contributed by atoms with van der Waals surface area (Å²) in [5, 5.41) is 13.3. The van der Waals surface area contributed by atoms with Gasteiger partial charge in [0.25, 0.3) is 0 Å². The molecule has 0 aromatic carbocycles. The third-order valence-corrected chi connectivity index (χ3v) is 3.56. The van der Waals surface area contributed by atoms with Gasteiger partial charge in [0.05, 0.1) is 18.0 Å². The first-order valence-electron chi connectivity index (χ1n) is 6.93. The Morgan fingerprint density at radius 1 is 1.48 bits per heavy atom. The van der Waals surface area contributed by atoms with Gasteiger partial charge >= 0.3 is 5.97 Å². The number of aromatic nitrogens is 3. The van der Waals surface area contributed by atoms with Gasteiger partial charge in [0.15, 0.2) is 11.5 Å². The molecule has 112 valence electrons. The molecule has 2 aromatic heterocycles. The molecule has 21 heavy (non-hydrogen) atoms. The molecule has 0 bridgehead atoms. The number of hydrogen-bond acceptors (Lipinski definition) is 5. The van der Waals surface area contributed by atoms with Crippen molar-refractivity contribution in [3.05, 3.63) is 24.2 Å². The molecule has 0 aliphatic carbocycles. The average molecular weight is 290 g/mol. The maximum absolute atomic E-state index is 11.2. The van der Waals surface area contributed by atoms with E-state index in [9.17, 15) is 9.90 Å². The van der Waals surface area contributed by atoms with Gasteiger partial charge in [-0.1, -0.05) is 0 Å². The summed E-state index contributed by atoms with van der Waals surface area (Å²) in [5.41, 5.74) is 0.498. The van der Waals surface area contributed by atoms with E-state index in [0.29, 0.717) is 18.7 Å². The maximum Gasteiger partial charge on any atom is 0.356 e. The van der Waals surface area contributed by atoms with Crippen LogP contribution in [0.5, 0.6) is 0 Å². The van der Waals surface area contributed by atoms with E-state index in [-0.39, 0.29) is 11.3 Å². The number of carbonyl (C=O) groups is 1. The molecule has 2 aromatic rings. The first-order valence-corrected chi connectivity index (χ1v) is 6.93. The molecule has 1 N–H and O–H groups in total. The SMILES string of the molecule is CC1(C)CN(c2ncc(C(=O)O)n3nccc23)CCCO1. The molecule has 3 heterocycles. The van der Waals surface area contributed by atoms with Crippen molar-refractivity contribution in [2.75, 3.05) is 24.6 Å². The summed E-state index contributed by atoms with van der Waals surface area (Å²) in [4.78, 5) is 17.7. The largest absolute Gasteiger partial charge is 0.476 e. The summed E-state index contributed by atoms with van der Waals surface area (Å²) in [5.74, 6) is -0.293. The van der Waals surface area contributed by atoms with E-state index in [2.05, 4.69) is 15.0 Å². The zero-order chi connectivity index (χ0) is 15.0. The highest BCUT2D eigenvalue weighted by Gasteiger charge is 2.28. The van der Waals surface area contributed by atoms with Crippen molar-refractivity contribution in [1.82, 2.24) is 14.6 Å². The van der Waals surface area contributed by atoms with E-state index in [1.807, 2.05) is 13.8 Å². The quantitative estimate of drug-likeness (QED) is 0.901. The van der Waals surface area contributed by atoms with Crippen LogP contribution in [0.2, 0.25) is 0 Å². The zero-order valence-electron chi connectivity index (χ0n) is 12.1. The van der Waals surface area contributed by atoms with E-state index in [1.165, 1.54) is 10.7 Å². The predicted molar refractivity (Wildman–Crippen MR) is 76.8 cm³/mol. The number of ether oxygens (including phenoxy) is 1. The molecule has 0 amide bonds. The second-order valence-electron chi connectivity index (χ2n) is 5.78. The van der Waals surface area contributed by atoms with E-state index in [1.54, 1.807) is 12.3 Å². The lowest BCUT2D eigenvalue weighted by Crippen LogP contribution is -2.39. The Balaban J connectivity index is 2.06. The Morgan fingerprint density at radius 2 is 2.29 bits per heavy atom. The standard InChI is InChI=1S/C14H18N4O3/c1-14(2)9-17(6-3-7-21-14)12-10-4-5-16-18(10)11(8-15-12)13(19)20/h4-5,8H,3,6-7,9H2,1-2H3,(H,19,20). The smallest absolute Gasteiger partial charge is 0.356 e. The fourth-order valence-corrected chi connectivity index (χ4v) is 2.67. The number of anilines is 1. The van der Waals surface area contributed by atoms with Crippen molar-refractivity contribution in [1.29, 1.82) is 0 Å². The second-order valence-corrected chi connectivity index (χ2v) is 5.78. The number of aromatic carboxylic acids is 1. The average Bonchev–Trinajstić information content (AvgIpc) is 2.82. The van der Waals surface area contributed by atoms with Gasteiger partial charge in [-0.2, -0.15) is 5.10 Å². The summed E-state index contributed by atoms with van der Waals surface area (Å²) < 4.78 is 7.23. The molecule has 0 saturated carbocycles. The van der Waals surface area contributed by atoms with Gasteiger partial charge in [-0.15, -0.1) is 0 Å². The van der Waals surface area contributed by atoms with E-state index < -0.39 is 5.97 Å². The lowest BCUT2D eigenvalue weighted by atomic mass is 10.1. The normalized spacial score (nSPS) is 18.7. The monoisotopic (exact) mass is 290 g/mol. The molecule has 7 nitrogen and oxygen atoms in total. The molecule has 0 spiro atoms. The van der Waals surface area contributed by atoms with Crippen LogP contribution in [0.3, 0.4) is 0 Å². The summed E-state index contributed by atoms with van der Waals surface area (Å²) in [7, 11) is 0. The number of carboxylic acid groups (broad SMARTS) is 1. The van der Waals surface area contributed by atoms with Crippen molar-refractivity contribution >= 4 is 17.3 Å². The second kappa shape index (κ2) is 5.00. The van der Waals surface area contributed by atoms with Gasteiger partial charge in [-0.05, 0) is 26.3 Å². The molecule has 0 radical (unpaired) electrons. The molecule has 7 heteroatoms. The Hall–Kier alpha value is -2.15. The highest BCUT2D eigenvalue weighted by Crippen LogP contribution is 2.25. The first-order chi connectivity index (χ1) is 9.98. The van der Waals surface area contributed by atoms with Gasteiger partial charge in [-0.3, -0.25) is 0 Å². The summed E-state index contributed by atoms with van der Waals surface area (Å²) >= 11 is 0. The van der Waals surface area contributed by atoms with Gasteiger partial charge < -0.3 is 14.7 Å². The predicted octanol–water partition coefficient (Wildman–Crippen LogP) is 1.43. The Bertz CT molecular complexity index is 680. The lowest BCUT2D eigenvalue weighted by Gasteiger charge is -2.30. The third kappa shape index (κ3) is 2.56. The van der Waals surface area contributed by atoms with Crippen LogP contribution in [0.25, 0.3) is 5.52 Å². The highest BCUT2D eigenvalue weighted by molar-refractivity contribution is 5.87. The van der Waals surface area contributed by atoms with Crippen molar-refractivity contribution in [3.8, 4) is 0 Å². The van der Waals surface area contributed by atoms with Crippen LogP contribution >= 0.6 is 0 Å². The number of carboxylic acids is 1. The van der Waals surface area contributed by atoms with Crippen LogP contribution in [-0.4, -0.2) is 51.0 Å². The molecule has 1 aliphatic heterocycles. The fourth-order valence-electron chi connectivity index (χ4n) is 2.67. The number of rotatable bonds is 2. The number of fused-ring (bicyclic) bond motifs is 1. The van der Waals surface area contributed by atoms with Gasteiger partial charge in [-0.25, -0.2) is 14.3 Å². The van der Waals surface area contributed by atoms with Crippen LogP contribution in [0.15, 0.2) is 18.5 Å². The Morgan fingerprint density at radius 3 is 3.05 bits per heavy atom. The summed E-state index contributed by atoms with van der Waals surface area (Å²) in [6.45, 7) is 6.33. The first kappa shape index (κ1) is 13.8. The van der Waals surface area contributed by atoms with Crippen molar-refractivity contribution < 1.29 is 14.6 Å². The van der Waals surface area contributed by atoms with Crippen molar-refractivity contribution in [3.63, 3.8) is 0 Å². The summed E-state index contributed by atoms with van der Waals surface area (Å²) in [6.07, 6.45) is 3.86. The summed E-state index contributed by atoms with van der Waals surface area (Å²) in [6, 6.07) is 1.79. The van der Waals surface area contributed by atoms with Gasteiger partial charge in [0.2, 0.25) is 0 Å². The minimum absolute atomic E-state index is 0.0593. The number of nitrogens with zero attached hydrogens (tertiary/aromatic N) is 4. The maximum atomic E-state index is 11.2. The molecule has 1 fully saturated rings. The Labute approximate surface area is 122 Å². The van der Waals surface area contributed by atoms with Crippen LogP contribution < -0.4 is 4.90 Å². The Kier molecular flexibility index (Phi) is 3.29. The van der Waals surface area contributed by atoms with Crippen LogP contribution in [0.4, 0.5) is 5.82 Å². The van der Waals surface area contributed by atoms with Crippen molar-refractivity contribution in [2.45, 2.75) is 25.9 Å².